The Balaban J connectivity index is 1.04. The van der Waals surface area contributed by atoms with Crippen LogP contribution >= 0.6 is 11.3 Å². The van der Waals surface area contributed by atoms with Crippen molar-refractivity contribution in [3.05, 3.63) is 218 Å². The molecule has 272 valence electrons. The Labute approximate surface area is 341 Å². The maximum atomic E-state index is 2.51. The lowest BCUT2D eigenvalue weighted by atomic mass is 10.1. The minimum absolute atomic E-state index is 1.17. The van der Waals surface area contributed by atoms with Crippen molar-refractivity contribution in [2.45, 2.75) is 0 Å². The summed E-state index contributed by atoms with van der Waals surface area (Å²) >= 11 is 1.90. The molecule has 58 heavy (non-hydrogen) atoms. The molecule has 2 nitrogen and oxygen atoms in total. The maximum absolute atomic E-state index is 2.64. The molecule has 0 aliphatic carbocycles. The van der Waals surface area contributed by atoms with Crippen molar-refractivity contribution in [2.75, 3.05) is 0 Å². The van der Waals surface area contributed by atoms with Gasteiger partial charge in [-0.05, 0) is 81.4 Å². The van der Waals surface area contributed by atoms with Crippen LogP contribution in [0, 0.1) is 0 Å². The van der Waals surface area contributed by atoms with Crippen molar-refractivity contribution >= 4 is 104 Å². The van der Waals surface area contributed by atoms with E-state index in [9.17, 15) is 0 Å². The maximum Gasteiger partial charge on any atom is 0.179 e. The normalized spacial score (nSPS) is 12.1. The van der Waals surface area contributed by atoms with Gasteiger partial charge >= 0.3 is 0 Å². The number of rotatable bonds is 6. The molecule has 12 rings (SSSR count). The highest BCUT2D eigenvalue weighted by molar-refractivity contribution is 7.26. The van der Waals surface area contributed by atoms with Crippen LogP contribution in [0.3, 0.4) is 0 Å². The van der Waals surface area contributed by atoms with E-state index in [2.05, 4.69) is 228 Å². The fourth-order valence-corrected chi connectivity index (χ4v) is 15.8. The molecule has 0 N–H and O–H groups in total. The van der Waals surface area contributed by atoms with Gasteiger partial charge in [0.1, 0.15) is 0 Å². The molecule has 9 aromatic carbocycles. The fraction of sp³-hybridized carbons (Fsp3) is 0. The van der Waals surface area contributed by atoms with E-state index in [0.717, 1.165) is 0 Å². The molecule has 0 unspecified atom stereocenters. The molecule has 0 fully saturated rings. The van der Waals surface area contributed by atoms with Crippen LogP contribution in [-0.4, -0.2) is 17.2 Å². The third kappa shape index (κ3) is 4.83. The summed E-state index contributed by atoms with van der Waals surface area (Å²) in [6.45, 7) is 0. The molecule has 0 atom stereocenters. The van der Waals surface area contributed by atoms with E-state index in [1.807, 2.05) is 11.3 Å². The molecule has 0 radical (unpaired) electrons. The number of hydrogen-bond donors (Lipinski definition) is 0. The number of nitrogens with zero attached hydrogens (tertiary/aromatic N) is 2. The monoisotopic (exact) mass is 772 g/mol. The van der Waals surface area contributed by atoms with E-state index in [1.165, 1.54) is 95.9 Å². The highest BCUT2D eigenvalue weighted by Crippen LogP contribution is 2.39. The summed E-state index contributed by atoms with van der Waals surface area (Å²) < 4.78 is 7.49. The van der Waals surface area contributed by atoms with E-state index in [-0.39, 0.29) is 0 Å². The van der Waals surface area contributed by atoms with Crippen molar-refractivity contribution < 1.29 is 0 Å². The van der Waals surface area contributed by atoms with Gasteiger partial charge in [0.05, 0.1) is 22.1 Å². The van der Waals surface area contributed by atoms with Crippen molar-refractivity contribution in [1.29, 1.82) is 0 Å². The lowest BCUT2D eigenvalue weighted by molar-refractivity contribution is 1.17. The van der Waals surface area contributed by atoms with Crippen molar-refractivity contribution in [3.8, 4) is 11.4 Å². The third-order valence-corrected chi connectivity index (χ3v) is 18.2. The summed E-state index contributed by atoms with van der Waals surface area (Å²) in [5.41, 5.74) is 7.21. The first kappa shape index (κ1) is 33.2. The zero-order valence-electron chi connectivity index (χ0n) is 31.6. The Bertz CT molecular complexity index is 3360. The van der Waals surface area contributed by atoms with Gasteiger partial charge in [-0.1, -0.05) is 158 Å². The topological polar surface area (TPSA) is 9.86 Å². The summed E-state index contributed by atoms with van der Waals surface area (Å²) in [7, 11) is -2.64. The predicted octanol–water partition coefficient (Wildman–Crippen LogP) is 11.6. The third-order valence-electron chi connectivity index (χ3n) is 12.3. The van der Waals surface area contributed by atoms with Crippen LogP contribution < -0.4 is 20.7 Å². The van der Waals surface area contributed by atoms with Crippen LogP contribution in [0.15, 0.2) is 218 Å². The number of fused-ring (bicyclic) bond motifs is 9. The van der Waals surface area contributed by atoms with Crippen LogP contribution in [0.2, 0.25) is 0 Å². The molecule has 3 aromatic heterocycles. The zero-order chi connectivity index (χ0) is 38.2. The van der Waals surface area contributed by atoms with Gasteiger partial charge in [0.15, 0.2) is 8.07 Å². The molecule has 0 saturated carbocycles. The molecule has 0 amide bonds. The summed E-state index contributed by atoms with van der Waals surface area (Å²) in [6.07, 6.45) is 0. The molecule has 0 bridgehead atoms. The first-order chi connectivity index (χ1) is 28.8. The van der Waals surface area contributed by atoms with Crippen molar-refractivity contribution in [3.63, 3.8) is 0 Å². The van der Waals surface area contributed by atoms with Crippen molar-refractivity contribution in [1.82, 2.24) is 9.13 Å². The Morgan fingerprint density at radius 3 is 1.24 bits per heavy atom. The molecule has 0 spiro atoms. The second-order valence-corrected chi connectivity index (χ2v) is 20.2. The Morgan fingerprint density at radius 2 is 0.707 bits per heavy atom. The highest BCUT2D eigenvalue weighted by Gasteiger charge is 2.41. The quantitative estimate of drug-likeness (QED) is 0.118. The van der Waals surface area contributed by atoms with E-state index in [4.69, 9.17) is 0 Å². The minimum atomic E-state index is -2.64. The van der Waals surface area contributed by atoms with Crippen LogP contribution in [0.1, 0.15) is 0 Å². The largest absolute Gasteiger partial charge is 0.309 e. The Morgan fingerprint density at radius 1 is 0.276 bits per heavy atom. The number of benzene rings is 9. The predicted molar refractivity (Wildman–Crippen MR) is 252 cm³/mol. The lowest BCUT2D eigenvalue weighted by Gasteiger charge is -2.34. The van der Waals surface area contributed by atoms with E-state index >= 15 is 0 Å². The summed E-state index contributed by atoms with van der Waals surface area (Å²) in [4.78, 5) is 0. The molecule has 12 aromatic rings. The highest BCUT2D eigenvalue weighted by atomic mass is 32.1. The molecule has 0 aliphatic rings. The lowest BCUT2D eigenvalue weighted by Crippen LogP contribution is -2.74. The standard InChI is InChI=1S/C54H36N2SSi/c1-4-16-39(17-5-1)58(40-18-6-2-7-19-40,41-20-8-3-9-21-41)42-30-31-46-48-35-38(29-33-53(48)57-54(46)36-42)56-51-27-15-12-24-45(51)47-34-37(28-32-52(47)56)55-49-25-13-10-22-43(49)44-23-11-14-26-50(44)55/h1-36H. The number of para-hydroxylation sites is 3. The van der Waals surface area contributed by atoms with Gasteiger partial charge in [-0.15, -0.1) is 11.3 Å². The molecular formula is C54H36N2SSi. The van der Waals surface area contributed by atoms with Gasteiger partial charge in [0, 0.05) is 53.1 Å². The summed E-state index contributed by atoms with van der Waals surface area (Å²) in [5, 5.41) is 13.2. The van der Waals surface area contributed by atoms with Gasteiger partial charge in [-0.25, -0.2) is 0 Å². The Hall–Kier alpha value is -6.98. The smallest absolute Gasteiger partial charge is 0.179 e. The SMILES string of the molecule is c1ccc([Si](c2ccccc2)(c2ccccc2)c2ccc3c(c2)sc2ccc(-n4c5ccccc5c5cc(-n6c7ccccc7c7ccccc76)ccc54)cc23)cc1. The molecule has 0 saturated heterocycles. The summed E-state index contributed by atoms with van der Waals surface area (Å²) in [5.74, 6) is 0. The molecular weight excluding hydrogens is 737 g/mol. The van der Waals surface area contributed by atoms with Crippen LogP contribution in [0.4, 0.5) is 0 Å². The molecule has 4 heteroatoms. The van der Waals surface area contributed by atoms with Crippen molar-refractivity contribution in [2.24, 2.45) is 0 Å². The first-order valence-electron chi connectivity index (χ1n) is 19.9. The average molecular weight is 773 g/mol. The second kappa shape index (κ2) is 13.0. The first-order valence-corrected chi connectivity index (χ1v) is 22.7. The van der Waals surface area contributed by atoms with Gasteiger partial charge in [0.25, 0.3) is 0 Å². The Kier molecular flexibility index (Phi) is 7.46. The van der Waals surface area contributed by atoms with E-state index < -0.39 is 8.07 Å². The fourth-order valence-electron chi connectivity index (χ4n) is 9.78. The molecule has 3 heterocycles. The van der Waals surface area contributed by atoms with Gasteiger partial charge in [-0.2, -0.15) is 0 Å². The zero-order valence-corrected chi connectivity index (χ0v) is 33.4. The number of thiophene rings is 1. The van der Waals surface area contributed by atoms with Crippen LogP contribution in [0.5, 0.6) is 0 Å². The van der Waals surface area contributed by atoms with E-state index in [1.54, 1.807) is 0 Å². The van der Waals surface area contributed by atoms with Gasteiger partial charge < -0.3 is 9.13 Å². The van der Waals surface area contributed by atoms with Crippen LogP contribution in [-0.2, 0) is 0 Å². The second-order valence-electron chi connectivity index (χ2n) is 15.3. The molecule has 0 aliphatic heterocycles. The van der Waals surface area contributed by atoms with Gasteiger partial charge in [-0.3, -0.25) is 0 Å². The van der Waals surface area contributed by atoms with Gasteiger partial charge in [0.2, 0.25) is 0 Å². The average Bonchev–Trinajstić information content (AvgIpc) is 3.95. The summed E-state index contributed by atoms with van der Waals surface area (Å²) in [6, 6.07) is 81.3. The minimum Gasteiger partial charge on any atom is -0.309 e. The number of aromatic nitrogens is 2. The number of hydrogen-bond acceptors (Lipinski definition) is 1. The van der Waals surface area contributed by atoms with E-state index in [0.29, 0.717) is 0 Å². The van der Waals surface area contributed by atoms with Crippen LogP contribution in [0.25, 0.3) is 75.2 Å².